The number of ether oxygens (including phenoxy) is 1. The number of likely N-dealkylation sites (tertiary alicyclic amines) is 1. The molecule has 0 atom stereocenters. The van der Waals surface area contributed by atoms with Crippen LogP contribution in [0.3, 0.4) is 0 Å². The maximum absolute atomic E-state index is 11.1. The van der Waals surface area contributed by atoms with Crippen LogP contribution in [0.4, 0.5) is 4.79 Å². The van der Waals surface area contributed by atoms with Crippen molar-refractivity contribution in [3.8, 4) is 22.9 Å². The van der Waals surface area contributed by atoms with Gasteiger partial charge in [0.15, 0.2) is 0 Å². The van der Waals surface area contributed by atoms with Gasteiger partial charge in [0.1, 0.15) is 18.1 Å². The van der Waals surface area contributed by atoms with Crippen LogP contribution in [0.25, 0.3) is 11.1 Å². The molecule has 1 aliphatic rings. The summed E-state index contributed by atoms with van der Waals surface area (Å²) in [6.07, 6.45) is -0.411. The predicted molar refractivity (Wildman–Crippen MR) is 86.0 cm³/mol. The predicted octanol–water partition coefficient (Wildman–Crippen LogP) is 2.78. The van der Waals surface area contributed by atoms with E-state index in [4.69, 9.17) is 15.1 Å². The van der Waals surface area contributed by atoms with E-state index in [1.807, 2.05) is 0 Å². The fraction of sp³-hybridized carbons (Fsp3) is 0.167. The Hall–Kier alpha value is -3.33. The minimum Gasteiger partial charge on any atom is -0.486 e. The van der Waals surface area contributed by atoms with Crippen LogP contribution < -0.4 is 4.74 Å². The second-order valence-corrected chi connectivity index (χ2v) is 5.49. The molecule has 6 heteroatoms. The van der Waals surface area contributed by atoms with E-state index in [0.29, 0.717) is 30.0 Å². The van der Waals surface area contributed by atoms with Gasteiger partial charge in [0, 0.05) is 11.1 Å². The van der Waals surface area contributed by atoms with Gasteiger partial charge in [-0.2, -0.15) is 5.26 Å². The maximum Gasteiger partial charge on any atom is 0.407 e. The first-order valence-corrected chi connectivity index (χ1v) is 7.35. The summed E-state index contributed by atoms with van der Waals surface area (Å²) in [7, 11) is 0. The summed E-state index contributed by atoms with van der Waals surface area (Å²) in [4.78, 5) is 23.1. The van der Waals surface area contributed by atoms with Crippen molar-refractivity contribution < 1.29 is 19.4 Å². The Labute approximate surface area is 138 Å². The summed E-state index contributed by atoms with van der Waals surface area (Å²) in [5.41, 5.74) is 2.62. The largest absolute Gasteiger partial charge is 0.486 e. The number of hydrogen-bond donors (Lipinski definition) is 1. The van der Waals surface area contributed by atoms with Gasteiger partial charge in [0.2, 0.25) is 0 Å². The Balaban J connectivity index is 1.87. The molecule has 2 aromatic carbocycles. The van der Waals surface area contributed by atoms with Crippen LogP contribution in [0.1, 0.15) is 15.9 Å². The lowest BCUT2D eigenvalue weighted by atomic mass is 10.0. The molecule has 2 aromatic rings. The molecule has 6 nitrogen and oxygen atoms in total. The zero-order chi connectivity index (χ0) is 17.1. The molecule has 1 aliphatic heterocycles. The van der Waals surface area contributed by atoms with Gasteiger partial charge in [-0.15, -0.1) is 0 Å². The Morgan fingerprint density at radius 3 is 2.54 bits per heavy atom. The van der Waals surface area contributed by atoms with Crippen molar-refractivity contribution in [1.29, 1.82) is 5.26 Å². The standard InChI is InChI=1S/C18H14N2O4/c19-8-12-1-4-14(5-2-12)16-7-13(11-21)3-6-17(16)24-15-9-20(10-15)18(22)23/h1-7,11,15H,9-10H2,(H,22,23). The lowest BCUT2D eigenvalue weighted by Crippen LogP contribution is -2.55. The van der Waals surface area contributed by atoms with Gasteiger partial charge >= 0.3 is 6.09 Å². The molecule has 3 rings (SSSR count). The Morgan fingerprint density at radius 2 is 1.96 bits per heavy atom. The number of hydrogen-bond acceptors (Lipinski definition) is 4. The number of aldehydes is 1. The summed E-state index contributed by atoms with van der Waals surface area (Å²) in [6, 6.07) is 14.1. The summed E-state index contributed by atoms with van der Waals surface area (Å²) in [5, 5.41) is 17.8. The average molecular weight is 322 g/mol. The average Bonchev–Trinajstić information content (AvgIpc) is 2.57. The number of nitriles is 1. The number of rotatable bonds is 4. The summed E-state index contributed by atoms with van der Waals surface area (Å²) < 4.78 is 5.89. The Kier molecular flexibility index (Phi) is 4.17. The summed E-state index contributed by atoms with van der Waals surface area (Å²) >= 11 is 0. The molecule has 0 bridgehead atoms. The van der Waals surface area contributed by atoms with Crippen molar-refractivity contribution in [2.45, 2.75) is 6.10 Å². The van der Waals surface area contributed by atoms with Gasteiger partial charge in [0.25, 0.3) is 0 Å². The lowest BCUT2D eigenvalue weighted by molar-refractivity contribution is 0.0255. The zero-order valence-electron chi connectivity index (χ0n) is 12.7. The van der Waals surface area contributed by atoms with E-state index in [9.17, 15) is 9.59 Å². The topological polar surface area (TPSA) is 90.6 Å². The van der Waals surface area contributed by atoms with Gasteiger partial charge in [-0.25, -0.2) is 4.79 Å². The molecular weight excluding hydrogens is 308 g/mol. The van der Waals surface area contributed by atoms with Gasteiger partial charge in [0.05, 0.1) is 24.7 Å². The summed E-state index contributed by atoms with van der Waals surface area (Å²) in [6.45, 7) is 0.634. The number of carboxylic acid groups (broad SMARTS) is 1. The van der Waals surface area contributed by atoms with Crippen molar-refractivity contribution in [2.24, 2.45) is 0 Å². The van der Waals surface area contributed by atoms with Crippen LogP contribution in [0, 0.1) is 11.3 Å². The van der Waals surface area contributed by atoms with Gasteiger partial charge < -0.3 is 14.7 Å². The number of nitrogens with zero attached hydrogens (tertiary/aromatic N) is 2. The highest BCUT2D eigenvalue weighted by Gasteiger charge is 2.32. The van der Waals surface area contributed by atoms with Gasteiger partial charge in [-0.3, -0.25) is 4.79 Å². The van der Waals surface area contributed by atoms with E-state index in [1.54, 1.807) is 42.5 Å². The molecule has 1 N–H and O–H groups in total. The smallest absolute Gasteiger partial charge is 0.407 e. The molecule has 1 heterocycles. The highest BCUT2D eigenvalue weighted by molar-refractivity contribution is 5.81. The third kappa shape index (κ3) is 3.06. The van der Waals surface area contributed by atoms with Crippen LogP contribution in [-0.2, 0) is 0 Å². The van der Waals surface area contributed by atoms with Crippen molar-refractivity contribution in [3.05, 3.63) is 53.6 Å². The van der Waals surface area contributed by atoms with Crippen LogP contribution >= 0.6 is 0 Å². The van der Waals surface area contributed by atoms with Crippen LogP contribution in [0.15, 0.2) is 42.5 Å². The third-order valence-electron chi connectivity index (χ3n) is 3.88. The third-order valence-corrected chi connectivity index (χ3v) is 3.88. The first kappa shape index (κ1) is 15.6. The molecule has 0 aliphatic carbocycles. The van der Waals surface area contributed by atoms with E-state index in [1.165, 1.54) is 4.90 Å². The second-order valence-electron chi connectivity index (χ2n) is 5.49. The number of carbonyl (C=O) groups excluding carboxylic acids is 1. The second kappa shape index (κ2) is 6.42. The molecule has 0 aromatic heterocycles. The number of carbonyl (C=O) groups is 2. The number of amides is 1. The maximum atomic E-state index is 11.1. The zero-order valence-corrected chi connectivity index (χ0v) is 12.7. The molecule has 24 heavy (non-hydrogen) atoms. The summed E-state index contributed by atoms with van der Waals surface area (Å²) in [5.74, 6) is 0.584. The molecule has 1 amide bonds. The molecule has 1 fully saturated rings. The van der Waals surface area contributed by atoms with Crippen LogP contribution in [0.2, 0.25) is 0 Å². The van der Waals surface area contributed by atoms with E-state index in [-0.39, 0.29) is 6.10 Å². The molecule has 1 saturated heterocycles. The first-order valence-electron chi connectivity index (χ1n) is 7.35. The van der Waals surface area contributed by atoms with Crippen molar-refractivity contribution in [2.75, 3.05) is 13.1 Å². The molecule has 0 unspecified atom stereocenters. The first-order chi connectivity index (χ1) is 11.6. The normalized spacial score (nSPS) is 13.7. The minimum atomic E-state index is -0.960. The lowest BCUT2D eigenvalue weighted by Gasteiger charge is -2.37. The molecule has 0 radical (unpaired) electrons. The highest BCUT2D eigenvalue weighted by Crippen LogP contribution is 2.32. The van der Waals surface area contributed by atoms with Crippen molar-refractivity contribution in [3.63, 3.8) is 0 Å². The molecular formula is C18H14N2O4. The van der Waals surface area contributed by atoms with E-state index in [0.717, 1.165) is 17.4 Å². The quantitative estimate of drug-likeness (QED) is 0.874. The Morgan fingerprint density at radius 1 is 1.25 bits per heavy atom. The fourth-order valence-electron chi connectivity index (χ4n) is 2.52. The van der Waals surface area contributed by atoms with Crippen molar-refractivity contribution in [1.82, 2.24) is 4.90 Å². The van der Waals surface area contributed by atoms with Gasteiger partial charge in [-0.05, 0) is 35.9 Å². The van der Waals surface area contributed by atoms with E-state index in [2.05, 4.69) is 6.07 Å². The molecule has 0 spiro atoms. The van der Waals surface area contributed by atoms with Crippen LogP contribution in [-0.4, -0.2) is 41.6 Å². The minimum absolute atomic E-state index is 0.208. The Bertz CT molecular complexity index is 818. The van der Waals surface area contributed by atoms with Crippen molar-refractivity contribution >= 4 is 12.4 Å². The SMILES string of the molecule is N#Cc1ccc(-c2cc(C=O)ccc2OC2CN(C(=O)O)C2)cc1. The van der Waals surface area contributed by atoms with Gasteiger partial charge in [-0.1, -0.05) is 12.1 Å². The van der Waals surface area contributed by atoms with E-state index < -0.39 is 6.09 Å². The molecule has 0 saturated carbocycles. The monoisotopic (exact) mass is 322 g/mol. The number of benzene rings is 2. The van der Waals surface area contributed by atoms with E-state index >= 15 is 0 Å². The fourth-order valence-corrected chi connectivity index (χ4v) is 2.52. The highest BCUT2D eigenvalue weighted by atomic mass is 16.5. The molecule has 120 valence electrons. The van der Waals surface area contributed by atoms with Crippen LogP contribution in [0.5, 0.6) is 5.75 Å².